The fourth-order valence-corrected chi connectivity index (χ4v) is 11.2. The Balaban J connectivity index is 1.75. The van der Waals surface area contributed by atoms with Crippen molar-refractivity contribution >= 4 is 7.29 Å². The first-order valence-corrected chi connectivity index (χ1v) is 20.6. The molecule has 3 aromatic carbocycles. The molecule has 0 aliphatic carbocycles. The first-order chi connectivity index (χ1) is 27.0. The highest BCUT2D eigenvalue weighted by Gasteiger charge is 2.55. The normalized spacial score (nSPS) is 18.7. The van der Waals surface area contributed by atoms with Crippen molar-refractivity contribution in [2.75, 3.05) is 47.7 Å². The molecule has 13 nitrogen and oxygen atoms in total. The second-order valence-electron chi connectivity index (χ2n) is 14.1. The van der Waals surface area contributed by atoms with Gasteiger partial charge >= 0.3 is 5.69 Å². The molecule has 1 aliphatic heterocycles. The first kappa shape index (κ1) is 42.6. The number of benzene rings is 3. The van der Waals surface area contributed by atoms with Gasteiger partial charge in [0.2, 0.25) is 0 Å². The van der Waals surface area contributed by atoms with Crippen LogP contribution in [0.2, 0.25) is 0 Å². The van der Waals surface area contributed by atoms with Crippen molar-refractivity contribution in [3.63, 3.8) is 0 Å². The standard InChI is InChI=1S/C42H53N4O9P/c1-29(2)56(49,30(3)4)46(24-11-23-43)38-36(55-40(39(38)53-27-26-50-5)45-25-22-37(47)44-41(45)48)28-54-42(31-12-9-8-10-13-31,32-14-18-34(51-6)19-15-32)33-16-20-35(52-7)21-17-33/h8-10,12-22,25,29-30,36,38-40H,11,24,26-28H2,1-7H3,(H,44,47,48)/t36-,38+,39+,40+/m0/s1. The number of rotatable bonds is 19. The summed E-state index contributed by atoms with van der Waals surface area (Å²) in [7, 11) is 1.47. The zero-order chi connectivity index (χ0) is 40.5. The van der Waals surface area contributed by atoms with Crippen LogP contribution in [0.4, 0.5) is 0 Å². The van der Waals surface area contributed by atoms with Crippen molar-refractivity contribution in [3.8, 4) is 17.6 Å². The third-order valence-electron chi connectivity index (χ3n) is 10.4. The summed E-state index contributed by atoms with van der Waals surface area (Å²) in [6.45, 7) is 8.07. The number of nitrogens with one attached hydrogen (secondary N) is 1. The number of ether oxygens (including phenoxy) is 6. The summed E-state index contributed by atoms with van der Waals surface area (Å²) >= 11 is 0. The molecule has 56 heavy (non-hydrogen) atoms. The van der Waals surface area contributed by atoms with Crippen LogP contribution in [0.1, 0.15) is 57.0 Å². The average Bonchev–Trinajstić information content (AvgIpc) is 3.55. The minimum Gasteiger partial charge on any atom is -0.497 e. The van der Waals surface area contributed by atoms with Crippen LogP contribution in [0.25, 0.3) is 0 Å². The summed E-state index contributed by atoms with van der Waals surface area (Å²) in [6, 6.07) is 27.8. The van der Waals surface area contributed by atoms with Gasteiger partial charge in [-0.15, -0.1) is 0 Å². The van der Waals surface area contributed by atoms with Crippen LogP contribution in [-0.4, -0.2) is 91.5 Å². The van der Waals surface area contributed by atoms with Crippen molar-refractivity contribution in [2.24, 2.45) is 0 Å². The number of aromatic amines is 1. The van der Waals surface area contributed by atoms with Crippen LogP contribution < -0.4 is 20.7 Å². The number of hydrogen-bond acceptors (Lipinski definition) is 10. The van der Waals surface area contributed by atoms with E-state index in [4.69, 9.17) is 28.4 Å². The highest BCUT2D eigenvalue weighted by Crippen LogP contribution is 2.61. The SMILES string of the molecule is COCCO[C@@H]1[C@H](N(CCC#N)P(=O)(C(C)C)C(C)C)[C@H](COC(c2ccccc2)(c2ccc(OC)cc2)c2ccc(OC)cc2)O[C@H]1n1ccc(=O)[nH]c1=O. The summed E-state index contributed by atoms with van der Waals surface area (Å²) in [6.07, 6.45) is -1.44. The fraction of sp³-hybridized carbons (Fsp3) is 0.452. The van der Waals surface area contributed by atoms with Crippen LogP contribution >= 0.6 is 7.29 Å². The van der Waals surface area contributed by atoms with E-state index in [2.05, 4.69) is 11.1 Å². The molecule has 0 spiro atoms. The van der Waals surface area contributed by atoms with Gasteiger partial charge in [0.25, 0.3) is 5.56 Å². The summed E-state index contributed by atoms with van der Waals surface area (Å²) in [5.74, 6) is 1.34. The van der Waals surface area contributed by atoms with Crippen LogP contribution in [-0.2, 0) is 29.1 Å². The van der Waals surface area contributed by atoms with Gasteiger partial charge in [-0.1, -0.05) is 82.3 Å². The Kier molecular flexibility index (Phi) is 14.5. The predicted octanol–water partition coefficient (Wildman–Crippen LogP) is 6.17. The Morgan fingerprint density at radius 2 is 1.43 bits per heavy atom. The highest BCUT2D eigenvalue weighted by atomic mass is 31.2. The zero-order valence-electron chi connectivity index (χ0n) is 33.1. The van der Waals surface area contributed by atoms with Gasteiger partial charge in [-0.25, -0.2) is 9.46 Å². The number of H-pyrrole nitrogens is 1. The summed E-state index contributed by atoms with van der Waals surface area (Å²) in [4.78, 5) is 28.0. The second kappa shape index (κ2) is 19.1. The molecule has 2 heterocycles. The molecule has 14 heteroatoms. The molecule has 1 saturated heterocycles. The maximum absolute atomic E-state index is 15.5. The van der Waals surface area contributed by atoms with Crippen molar-refractivity contribution in [1.82, 2.24) is 14.2 Å². The maximum atomic E-state index is 15.5. The molecule has 1 aliphatic rings. The van der Waals surface area contributed by atoms with E-state index in [1.54, 1.807) is 21.3 Å². The van der Waals surface area contributed by atoms with Crippen molar-refractivity contribution in [3.05, 3.63) is 129 Å². The van der Waals surface area contributed by atoms with Crippen LogP contribution in [0, 0.1) is 11.3 Å². The fourth-order valence-electron chi connectivity index (χ4n) is 7.67. The lowest BCUT2D eigenvalue weighted by molar-refractivity contribution is -0.0985. The number of hydrogen-bond donors (Lipinski definition) is 1. The highest BCUT2D eigenvalue weighted by molar-refractivity contribution is 7.62. The zero-order valence-corrected chi connectivity index (χ0v) is 34.0. The van der Waals surface area contributed by atoms with E-state index < -0.39 is 48.6 Å². The van der Waals surface area contributed by atoms with Gasteiger partial charge in [-0.3, -0.25) is 14.3 Å². The lowest BCUT2D eigenvalue weighted by Gasteiger charge is -2.44. The monoisotopic (exact) mass is 788 g/mol. The molecule has 1 N–H and O–H groups in total. The lowest BCUT2D eigenvalue weighted by atomic mass is 9.80. The molecule has 5 rings (SSSR count). The summed E-state index contributed by atoms with van der Waals surface area (Å²) < 4.78 is 55.8. The van der Waals surface area contributed by atoms with Gasteiger partial charge in [0.1, 0.15) is 29.3 Å². The lowest BCUT2D eigenvalue weighted by Crippen LogP contribution is -2.51. The maximum Gasteiger partial charge on any atom is 0.330 e. The third-order valence-corrected chi connectivity index (χ3v) is 14.6. The molecule has 0 unspecified atom stereocenters. The van der Waals surface area contributed by atoms with Crippen LogP contribution in [0.15, 0.2) is 101 Å². The van der Waals surface area contributed by atoms with Gasteiger partial charge in [0.05, 0.1) is 46.2 Å². The van der Waals surface area contributed by atoms with Crippen molar-refractivity contribution < 1.29 is 33.0 Å². The Morgan fingerprint density at radius 1 is 0.857 bits per heavy atom. The number of nitriles is 1. The smallest absolute Gasteiger partial charge is 0.330 e. The second-order valence-corrected chi connectivity index (χ2v) is 18.1. The molecule has 4 aromatic rings. The summed E-state index contributed by atoms with van der Waals surface area (Å²) in [5, 5.41) is 9.89. The first-order valence-electron chi connectivity index (χ1n) is 18.8. The quantitative estimate of drug-likeness (QED) is 0.0659. The van der Waals surface area contributed by atoms with Gasteiger partial charge in [-0.05, 0) is 41.0 Å². The number of aromatic nitrogens is 2. The van der Waals surface area contributed by atoms with Crippen LogP contribution in [0.3, 0.4) is 0 Å². The Bertz CT molecular complexity index is 2000. The molecule has 300 valence electrons. The Morgan fingerprint density at radius 3 is 1.93 bits per heavy atom. The Hall–Kier alpha value is -4.54. The topological polar surface area (TPSA) is 154 Å². The molecule has 4 atom stereocenters. The molecule has 1 fully saturated rings. The van der Waals surface area contributed by atoms with Gasteiger partial charge in [0, 0.05) is 43.7 Å². The minimum absolute atomic E-state index is 0.0766. The molecule has 0 amide bonds. The number of nitrogens with zero attached hydrogens (tertiary/aromatic N) is 3. The van der Waals surface area contributed by atoms with Crippen molar-refractivity contribution in [1.29, 1.82) is 5.26 Å². The Labute approximate surface area is 328 Å². The van der Waals surface area contributed by atoms with E-state index in [9.17, 15) is 14.9 Å². The molecule has 1 aromatic heterocycles. The van der Waals surface area contributed by atoms with Gasteiger partial charge in [0.15, 0.2) is 13.5 Å². The van der Waals surface area contributed by atoms with Gasteiger partial charge in [-0.2, -0.15) is 5.26 Å². The molecule has 0 saturated carbocycles. The molecule has 0 radical (unpaired) electrons. The third kappa shape index (κ3) is 8.71. The minimum atomic E-state index is -3.30. The molecule has 0 bridgehead atoms. The van der Waals surface area contributed by atoms with Gasteiger partial charge < -0.3 is 33.0 Å². The number of methoxy groups -OCH3 is 3. The van der Waals surface area contributed by atoms with E-state index in [1.165, 1.54) is 16.8 Å². The van der Waals surface area contributed by atoms with E-state index in [0.717, 1.165) is 16.7 Å². The molecular weight excluding hydrogens is 735 g/mol. The summed E-state index contributed by atoms with van der Waals surface area (Å²) in [5.41, 5.74) is -0.698. The van der Waals surface area contributed by atoms with E-state index in [0.29, 0.717) is 11.5 Å². The van der Waals surface area contributed by atoms with Crippen LogP contribution in [0.5, 0.6) is 11.5 Å². The van der Waals surface area contributed by atoms with E-state index in [1.807, 2.05) is 111 Å². The van der Waals surface area contributed by atoms with E-state index in [-0.39, 0.29) is 44.1 Å². The molecular formula is C42H53N4O9P. The largest absolute Gasteiger partial charge is 0.497 e. The van der Waals surface area contributed by atoms with Crippen molar-refractivity contribution in [2.45, 2.75) is 75.5 Å². The average molecular weight is 789 g/mol. The predicted molar refractivity (Wildman–Crippen MR) is 214 cm³/mol. The van der Waals surface area contributed by atoms with E-state index >= 15 is 4.57 Å².